The summed E-state index contributed by atoms with van der Waals surface area (Å²) in [4.78, 5) is 12.4. The molecule has 2 aromatic rings. The Hall–Kier alpha value is -2.13. The maximum absolute atomic E-state index is 12.4. The van der Waals surface area contributed by atoms with Crippen LogP contribution in [0.5, 0.6) is 0 Å². The maximum atomic E-state index is 12.4. The zero-order valence-corrected chi connectivity index (χ0v) is 18.8. The van der Waals surface area contributed by atoms with Crippen LogP contribution in [0.15, 0.2) is 42.5 Å². The molecule has 162 valence electrons. The van der Waals surface area contributed by atoms with Crippen molar-refractivity contribution < 1.29 is 14.3 Å². The van der Waals surface area contributed by atoms with Gasteiger partial charge in [0.25, 0.3) is 0 Å². The second-order valence-corrected chi connectivity index (χ2v) is 8.58. The highest BCUT2D eigenvalue weighted by molar-refractivity contribution is 5.97. The van der Waals surface area contributed by atoms with E-state index in [0.717, 1.165) is 28.7 Å². The number of ether oxygens (including phenoxy) is 2. The molecule has 1 atom stereocenters. The predicted molar refractivity (Wildman–Crippen MR) is 123 cm³/mol. The topological polar surface area (TPSA) is 35.5 Å². The molecule has 1 aliphatic carbocycles. The highest BCUT2D eigenvalue weighted by Crippen LogP contribution is 2.32. The van der Waals surface area contributed by atoms with E-state index in [0.29, 0.717) is 24.2 Å². The monoisotopic (exact) mass is 408 g/mol. The van der Waals surface area contributed by atoms with Crippen molar-refractivity contribution in [2.75, 3.05) is 7.11 Å². The third kappa shape index (κ3) is 5.72. The summed E-state index contributed by atoms with van der Waals surface area (Å²) in [6.45, 7) is 4.91. The van der Waals surface area contributed by atoms with Gasteiger partial charge in [0.1, 0.15) is 0 Å². The van der Waals surface area contributed by atoms with Crippen molar-refractivity contribution in [3.05, 3.63) is 59.2 Å². The van der Waals surface area contributed by atoms with Crippen LogP contribution in [0.2, 0.25) is 0 Å². The molecule has 0 N–H and O–H groups in total. The van der Waals surface area contributed by atoms with E-state index in [9.17, 15) is 4.79 Å². The fourth-order valence-corrected chi connectivity index (χ4v) is 4.64. The number of carbonyl (C=O) groups is 1. The fraction of sp³-hybridized carbons (Fsp3) is 0.519. The summed E-state index contributed by atoms with van der Waals surface area (Å²) in [5.41, 5.74) is 4.84. The average Bonchev–Trinajstić information content (AvgIpc) is 2.79. The lowest BCUT2D eigenvalue weighted by Gasteiger charge is -2.30. The van der Waals surface area contributed by atoms with Crippen molar-refractivity contribution in [1.82, 2.24) is 0 Å². The minimum atomic E-state index is -0.302. The zero-order valence-electron chi connectivity index (χ0n) is 18.8. The number of unbranched alkanes of at least 4 members (excludes halogenated alkanes) is 1. The molecule has 3 nitrogen and oxygen atoms in total. The second-order valence-electron chi connectivity index (χ2n) is 8.58. The van der Waals surface area contributed by atoms with Gasteiger partial charge in [0, 0.05) is 0 Å². The van der Waals surface area contributed by atoms with E-state index in [2.05, 4.69) is 32.0 Å². The number of carbonyl (C=O) groups excluding carboxylic acids is 1. The number of aryl methyl sites for hydroxylation is 1. The van der Waals surface area contributed by atoms with Gasteiger partial charge in [0.2, 0.25) is 0 Å². The molecule has 0 radical (unpaired) electrons. The number of hydrogen-bond acceptors (Lipinski definition) is 3. The highest BCUT2D eigenvalue weighted by Gasteiger charge is 2.24. The quantitative estimate of drug-likeness (QED) is 0.415. The molecule has 3 rings (SSSR count). The molecule has 30 heavy (non-hydrogen) atoms. The zero-order chi connectivity index (χ0) is 21.3. The fourth-order valence-electron chi connectivity index (χ4n) is 4.64. The van der Waals surface area contributed by atoms with E-state index < -0.39 is 0 Å². The Bertz CT molecular complexity index is 821. The summed E-state index contributed by atoms with van der Waals surface area (Å²) in [6.07, 6.45) is 10.5. The average molecular weight is 409 g/mol. The standard InChI is InChI=1S/C27H36O3/c1-4-5-15-26(22-12-7-6-8-13-22)30-19-21-16-17-24(27(28)29-3)25(18-21)23-14-10-9-11-20(23)2/h9-11,14,16-18,22,26H,4-8,12-13,15,19H2,1-3H3. The van der Waals surface area contributed by atoms with Gasteiger partial charge in [0.15, 0.2) is 0 Å². The minimum absolute atomic E-state index is 0.302. The summed E-state index contributed by atoms with van der Waals surface area (Å²) in [5.74, 6) is 0.388. The summed E-state index contributed by atoms with van der Waals surface area (Å²) in [6, 6.07) is 14.2. The Morgan fingerprint density at radius 2 is 1.83 bits per heavy atom. The molecule has 0 heterocycles. The lowest BCUT2D eigenvalue weighted by molar-refractivity contribution is -0.0164. The van der Waals surface area contributed by atoms with Crippen molar-refractivity contribution in [2.45, 2.75) is 77.9 Å². The molecule has 1 saturated carbocycles. The van der Waals surface area contributed by atoms with Crippen molar-refractivity contribution in [3.63, 3.8) is 0 Å². The summed E-state index contributed by atoms with van der Waals surface area (Å²) < 4.78 is 11.5. The Balaban J connectivity index is 1.82. The van der Waals surface area contributed by atoms with Gasteiger partial charge in [-0.1, -0.05) is 69.4 Å². The first-order chi connectivity index (χ1) is 14.6. The minimum Gasteiger partial charge on any atom is -0.465 e. The smallest absolute Gasteiger partial charge is 0.338 e. The molecule has 1 fully saturated rings. The first-order valence-electron chi connectivity index (χ1n) is 11.5. The van der Waals surface area contributed by atoms with Gasteiger partial charge < -0.3 is 9.47 Å². The molecule has 1 aliphatic rings. The predicted octanol–water partition coefficient (Wildman–Crippen LogP) is 7.10. The third-order valence-corrected chi connectivity index (χ3v) is 6.41. The van der Waals surface area contributed by atoms with Crippen LogP contribution in [-0.4, -0.2) is 19.2 Å². The van der Waals surface area contributed by atoms with Crippen LogP contribution in [0.25, 0.3) is 11.1 Å². The summed E-state index contributed by atoms with van der Waals surface area (Å²) in [7, 11) is 1.43. The SMILES string of the molecule is CCCCC(OCc1ccc(C(=O)OC)c(-c2ccccc2C)c1)C1CCCCC1. The normalized spacial score (nSPS) is 15.7. The third-order valence-electron chi connectivity index (χ3n) is 6.41. The maximum Gasteiger partial charge on any atom is 0.338 e. The molecule has 0 aliphatic heterocycles. The first-order valence-corrected chi connectivity index (χ1v) is 11.5. The van der Waals surface area contributed by atoms with E-state index in [4.69, 9.17) is 9.47 Å². The van der Waals surface area contributed by atoms with Gasteiger partial charge >= 0.3 is 5.97 Å². The van der Waals surface area contributed by atoms with Gasteiger partial charge in [-0.05, 0) is 66.5 Å². The second kappa shape index (κ2) is 11.3. The highest BCUT2D eigenvalue weighted by atomic mass is 16.5. The van der Waals surface area contributed by atoms with Crippen molar-refractivity contribution in [3.8, 4) is 11.1 Å². The Kier molecular flexibility index (Phi) is 8.50. The Morgan fingerprint density at radius 3 is 2.53 bits per heavy atom. The molecular weight excluding hydrogens is 372 g/mol. The number of benzene rings is 2. The van der Waals surface area contributed by atoms with E-state index in [1.807, 2.05) is 24.3 Å². The molecule has 3 heteroatoms. The van der Waals surface area contributed by atoms with Crippen molar-refractivity contribution in [2.24, 2.45) is 5.92 Å². The van der Waals surface area contributed by atoms with Crippen LogP contribution in [-0.2, 0) is 16.1 Å². The van der Waals surface area contributed by atoms with Gasteiger partial charge in [-0.3, -0.25) is 0 Å². The lowest BCUT2D eigenvalue weighted by atomic mass is 9.83. The van der Waals surface area contributed by atoms with Crippen LogP contribution < -0.4 is 0 Å². The van der Waals surface area contributed by atoms with Crippen LogP contribution in [0, 0.1) is 12.8 Å². The molecule has 0 amide bonds. The molecule has 0 bridgehead atoms. The summed E-state index contributed by atoms with van der Waals surface area (Å²) >= 11 is 0. The Labute approximate surface area is 181 Å². The molecular formula is C27H36O3. The van der Waals surface area contributed by atoms with Crippen LogP contribution in [0.3, 0.4) is 0 Å². The largest absolute Gasteiger partial charge is 0.465 e. The van der Waals surface area contributed by atoms with Gasteiger partial charge in [-0.25, -0.2) is 4.79 Å². The van der Waals surface area contributed by atoms with E-state index in [-0.39, 0.29) is 5.97 Å². The van der Waals surface area contributed by atoms with Gasteiger partial charge in [-0.2, -0.15) is 0 Å². The molecule has 1 unspecified atom stereocenters. The Morgan fingerprint density at radius 1 is 1.07 bits per heavy atom. The van der Waals surface area contributed by atoms with E-state index in [1.165, 1.54) is 52.1 Å². The van der Waals surface area contributed by atoms with Gasteiger partial charge in [-0.15, -0.1) is 0 Å². The first kappa shape index (κ1) is 22.6. The molecule has 0 aromatic heterocycles. The number of esters is 1. The van der Waals surface area contributed by atoms with E-state index >= 15 is 0 Å². The van der Waals surface area contributed by atoms with Crippen LogP contribution >= 0.6 is 0 Å². The van der Waals surface area contributed by atoms with Crippen LogP contribution in [0.1, 0.15) is 79.8 Å². The van der Waals surface area contributed by atoms with Gasteiger partial charge in [0.05, 0.1) is 25.4 Å². The van der Waals surface area contributed by atoms with Crippen LogP contribution in [0.4, 0.5) is 0 Å². The van der Waals surface area contributed by atoms with Crippen molar-refractivity contribution >= 4 is 5.97 Å². The number of methoxy groups -OCH3 is 1. The number of hydrogen-bond donors (Lipinski definition) is 0. The molecule has 2 aromatic carbocycles. The molecule has 0 spiro atoms. The molecule has 0 saturated heterocycles. The number of rotatable bonds is 9. The lowest BCUT2D eigenvalue weighted by Crippen LogP contribution is -2.26. The van der Waals surface area contributed by atoms with E-state index in [1.54, 1.807) is 0 Å². The summed E-state index contributed by atoms with van der Waals surface area (Å²) in [5, 5.41) is 0. The van der Waals surface area contributed by atoms with Crippen molar-refractivity contribution in [1.29, 1.82) is 0 Å².